The third kappa shape index (κ3) is 2.68. The van der Waals surface area contributed by atoms with Crippen LogP contribution in [0.4, 0.5) is 0 Å². The zero-order chi connectivity index (χ0) is 12.3. The predicted octanol–water partition coefficient (Wildman–Crippen LogP) is -0.436. The normalized spacial score (nSPS) is 22.8. The highest BCUT2D eigenvalue weighted by Crippen LogP contribution is 2.21. The lowest BCUT2D eigenvalue weighted by Gasteiger charge is -2.36. The topological polar surface area (TPSA) is 70.6 Å². The summed E-state index contributed by atoms with van der Waals surface area (Å²) in [6.45, 7) is 4.61. The molecule has 0 aromatic heterocycles. The van der Waals surface area contributed by atoms with Gasteiger partial charge in [0.2, 0.25) is 5.91 Å². The first-order valence-corrected chi connectivity index (χ1v) is 6.07. The van der Waals surface area contributed by atoms with Crippen molar-refractivity contribution in [1.82, 2.24) is 10.6 Å². The van der Waals surface area contributed by atoms with E-state index in [9.17, 15) is 9.90 Å². The minimum absolute atomic E-state index is 0.0248. The fourth-order valence-electron chi connectivity index (χ4n) is 2.10. The highest BCUT2D eigenvalue weighted by atomic mass is 16.5. The fourth-order valence-corrected chi connectivity index (χ4v) is 2.10. The number of amides is 1. The summed E-state index contributed by atoms with van der Waals surface area (Å²) in [6.07, 6.45) is 1.35. The van der Waals surface area contributed by atoms with Crippen molar-refractivity contribution in [2.24, 2.45) is 0 Å². The standard InChI is InChI=1S/C12H20N2O3/c1-9(10-6-13-7-10)11(16)14-12(8-15)2-4-17-5-3-12/h13,15H,2-8H2,1H3,(H,14,16). The van der Waals surface area contributed by atoms with Crippen molar-refractivity contribution in [3.8, 4) is 0 Å². The Bertz CT molecular complexity index is 327. The minimum Gasteiger partial charge on any atom is -0.394 e. The van der Waals surface area contributed by atoms with E-state index in [4.69, 9.17) is 4.74 Å². The Labute approximate surface area is 101 Å². The number of ether oxygens (including phenoxy) is 1. The third-order valence-electron chi connectivity index (χ3n) is 3.68. The Hall–Kier alpha value is -0.910. The molecule has 2 saturated heterocycles. The van der Waals surface area contributed by atoms with Crippen LogP contribution in [0.15, 0.2) is 11.1 Å². The van der Waals surface area contributed by atoms with E-state index in [-0.39, 0.29) is 12.5 Å². The molecule has 3 N–H and O–H groups in total. The first-order chi connectivity index (χ1) is 8.17. The van der Waals surface area contributed by atoms with Gasteiger partial charge < -0.3 is 20.5 Å². The van der Waals surface area contributed by atoms with Crippen molar-refractivity contribution in [3.63, 3.8) is 0 Å². The second-order valence-corrected chi connectivity index (χ2v) is 4.84. The third-order valence-corrected chi connectivity index (χ3v) is 3.68. The molecule has 0 aromatic rings. The number of carbonyl (C=O) groups is 1. The average molecular weight is 240 g/mol. The molecule has 0 aliphatic carbocycles. The molecule has 2 heterocycles. The first-order valence-electron chi connectivity index (χ1n) is 6.07. The number of nitrogens with one attached hydrogen (secondary N) is 2. The Balaban J connectivity index is 2.00. The Morgan fingerprint density at radius 1 is 1.47 bits per heavy atom. The largest absolute Gasteiger partial charge is 0.394 e. The van der Waals surface area contributed by atoms with Gasteiger partial charge in [0.15, 0.2) is 0 Å². The molecule has 2 aliphatic rings. The van der Waals surface area contributed by atoms with E-state index in [1.54, 1.807) is 0 Å². The summed E-state index contributed by atoms with van der Waals surface area (Å²) in [4.78, 5) is 12.1. The zero-order valence-electron chi connectivity index (χ0n) is 10.2. The fraction of sp³-hybridized carbons (Fsp3) is 0.750. The van der Waals surface area contributed by atoms with Crippen LogP contribution in [0.25, 0.3) is 0 Å². The lowest BCUT2D eigenvalue weighted by molar-refractivity contribution is -0.121. The van der Waals surface area contributed by atoms with Crippen LogP contribution in [0.1, 0.15) is 19.8 Å². The van der Waals surface area contributed by atoms with Crippen LogP contribution >= 0.6 is 0 Å². The summed E-state index contributed by atoms with van der Waals surface area (Å²) < 4.78 is 5.26. The first kappa shape index (κ1) is 12.5. The van der Waals surface area contributed by atoms with Gasteiger partial charge in [-0.2, -0.15) is 0 Å². The molecule has 5 nitrogen and oxygen atoms in total. The number of aliphatic hydroxyl groups excluding tert-OH is 1. The molecule has 0 unspecified atom stereocenters. The molecule has 0 aromatic carbocycles. The Morgan fingerprint density at radius 3 is 2.59 bits per heavy atom. The number of hydrogen-bond donors (Lipinski definition) is 3. The predicted molar refractivity (Wildman–Crippen MR) is 63.6 cm³/mol. The SMILES string of the molecule is CC(C(=O)NC1(CO)CCOCC1)=C1CNC1. The summed E-state index contributed by atoms with van der Waals surface area (Å²) >= 11 is 0. The Kier molecular flexibility index (Phi) is 3.81. The van der Waals surface area contributed by atoms with Crippen LogP contribution in [-0.4, -0.2) is 49.5 Å². The minimum atomic E-state index is -0.492. The lowest BCUT2D eigenvalue weighted by atomic mass is 9.90. The molecule has 2 aliphatic heterocycles. The van der Waals surface area contributed by atoms with E-state index >= 15 is 0 Å². The van der Waals surface area contributed by atoms with E-state index in [2.05, 4.69) is 10.6 Å². The van der Waals surface area contributed by atoms with E-state index in [1.165, 1.54) is 0 Å². The average Bonchev–Trinajstić information content (AvgIpc) is 2.28. The molecule has 0 spiro atoms. The molecule has 1 amide bonds. The summed E-state index contributed by atoms with van der Waals surface area (Å²) in [5.74, 6) is -0.0579. The summed E-state index contributed by atoms with van der Waals surface area (Å²) in [6, 6.07) is 0. The van der Waals surface area contributed by atoms with Crippen LogP contribution in [-0.2, 0) is 9.53 Å². The smallest absolute Gasteiger partial charge is 0.247 e. The lowest BCUT2D eigenvalue weighted by Crippen LogP contribution is -2.55. The Morgan fingerprint density at radius 2 is 2.12 bits per heavy atom. The van der Waals surface area contributed by atoms with E-state index < -0.39 is 5.54 Å². The molecule has 0 bridgehead atoms. The van der Waals surface area contributed by atoms with Crippen molar-refractivity contribution >= 4 is 5.91 Å². The number of rotatable bonds is 3. The van der Waals surface area contributed by atoms with Gasteiger partial charge in [0.25, 0.3) is 0 Å². The summed E-state index contributed by atoms with van der Waals surface area (Å²) in [5.41, 5.74) is 1.44. The van der Waals surface area contributed by atoms with Gasteiger partial charge in [-0.25, -0.2) is 0 Å². The van der Waals surface area contributed by atoms with Crippen LogP contribution in [0.5, 0.6) is 0 Å². The van der Waals surface area contributed by atoms with Gasteiger partial charge in [-0.1, -0.05) is 0 Å². The maximum Gasteiger partial charge on any atom is 0.247 e. The van der Waals surface area contributed by atoms with E-state index in [0.717, 1.165) is 24.2 Å². The molecule has 0 saturated carbocycles. The maximum atomic E-state index is 12.1. The monoisotopic (exact) mass is 240 g/mol. The quantitative estimate of drug-likeness (QED) is 0.585. The van der Waals surface area contributed by atoms with Crippen molar-refractivity contribution in [2.45, 2.75) is 25.3 Å². The van der Waals surface area contributed by atoms with Crippen LogP contribution < -0.4 is 10.6 Å². The van der Waals surface area contributed by atoms with Crippen molar-refractivity contribution in [2.75, 3.05) is 32.9 Å². The van der Waals surface area contributed by atoms with Crippen molar-refractivity contribution in [3.05, 3.63) is 11.1 Å². The van der Waals surface area contributed by atoms with Gasteiger partial charge in [-0.3, -0.25) is 4.79 Å². The van der Waals surface area contributed by atoms with E-state index in [1.807, 2.05) is 6.92 Å². The van der Waals surface area contributed by atoms with Crippen LogP contribution in [0, 0.1) is 0 Å². The summed E-state index contributed by atoms with van der Waals surface area (Å²) in [5, 5.41) is 15.6. The van der Waals surface area contributed by atoms with Gasteiger partial charge in [-0.15, -0.1) is 0 Å². The number of carbonyl (C=O) groups excluding carboxylic acids is 1. The second kappa shape index (κ2) is 5.16. The number of aliphatic hydroxyl groups is 1. The molecule has 0 radical (unpaired) electrons. The van der Waals surface area contributed by atoms with Gasteiger partial charge in [0.1, 0.15) is 0 Å². The van der Waals surface area contributed by atoms with Gasteiger partial charge in [0, 0.05) is 31.9 Å². The molecule has 17 heavy (non-hydrogen) atoms. The van der Waals surface area contributed by atoms with Crippen LogP contribution in [0.3, 0.4) is 0 Å². The molecule has 5 heteroatoms. The summed E-state index contributed by atoms with van der Waals surface area (Å²) in [7, 11) is 0. The molecular weight excluding hydrogens is 220 g/mol. The second-order valence-electron chi connectivity index (χ2n) is 4.84. The molecule has 96 valence electrons. The molecule has 2 rings (SSSR count). The van der Waals surface area contributed by atoms with Gasteiger partial charge >= 0.3 is 0 Å². The number of hydrogen-bond acceptors (Lipinski definition) is 4. The van der Waals surface area contributed by atoms with E-state index in [0.29, 0.717) is 26.1 Å². The maximum absolute atomic E-state index is 12.1. The zero-order valence-corrected chi connectivity index (χ0v) is 10.2. The highest BCUT2D eigenvalue weighted by Gasteiger charge is 2.34. The molecule has 0 atom stereocenters. The van der Waals surface area contributed by atoms with Gasteiger partial charge in [-0.05, 0) is 25.3 Å². The van der Waals surface area contributed by atoms with Crippen molar-refractivity contribution in [1.29, 1.82) is 0 Å². The van der Waals surface area contributed by atoms with Crippen LogP contribution in [0.2, 0.25) is 0 Å². The van der Waals surface area contributed by atoms with Gasteiger partial charge in [0.05, 0.1) is 12.1 Å². The molecular formula is C12H20N2O3. The molecule has 2 fully saturated rings. The van der Waals surface area contributed by atoms with Crippen molar-refractivity contribution < 1.29 is 14.6 Å². The highest BCUT2D eigenvalue weighted by molar-refractivity contribution is 5.94.